The molecule has 0 saturated heterocycles. The van der Waals surface area contributed by atoms with Gasteiger partial charge < -0.3 is 10.2 Å². The minimum absolute atomic E-state index is 0.0239. The molecular weight excluding hydrogens is 336 g/mol. The predicted molar refractivity (Wildman–Crippen MR) is 109 cm³/mol. The zero-order valence-corrected chi connectivity index (χ0v) is 17.4. The molecule has 0 aliphatic heterocycles. The molecule has 0 heterocycles. The molecule has 1 unspecified atom stereocenters. The van der Waals surface area contributed by atoms with Crippen LogP contribution in [-0.2, 0) is 4.79 Å². The highest BCUT2D eigenvalue weighted by Gasteiger charge is 2.62. The Bertz CT molecular complexity index is 522. The summed E-state index contributed by atoms with van der Waals surface area (Å²) in [5, 5.41) is 21.3. The van der Waals surface area contributed by atoms with E-state index in [0.717, 1.165) is 32.1 Å². The highest BCUT2D eigenvalue weighted by Crippen LogP contribution is 2.60. The summed E-state index contributed by atoms with van der Waals surface area (Å²) in [7, 11) is 0. The number of carbonyl (C=O) groups excluding carboxylic acids is 1. The van der Waals surface area contributed by atoms with Crippen molar-refractivity contribution in [2.45, 2.75) is 103 Å². The van der Waals surface area contributed by atoms with Crippen molar-refractivity contribution >= 4 is 5.78 Å². The van der Waals surface area contributed by atoms with Crippen LogP contribution in [0.5, 0.6) is 0 Å². The minimum Gasteiger partial charge on any atom is -0.393 e. The minimum atomic E-state index is -0.399. The molecule has 0 bridgehead atoms. The van der Waals surface area contributed by atoms with Crippen molar-refractivity contribution in [1.29, 1.82) is 0 Å². The summed E-state index contributed by atoms with van der Waals surface area (Å²) >= 11 is 0. The maximum Gasteiger partial charge on any atom is 0.142 e. The lowest BCUT2D eigenvalue weighted by Crippen LogP contribution is -2.62. The molecule has 0 aromatic rings. The Kier molecular flexibility index (Phi) is 7.19. The number of Topliss-reactive ketones (excluding diaryl/α,β-unsaturated/α-hetero) is 1. The second-order valence-corrected chi connectivity index (χ2v) is 9.72. The van der Waals surface area contributed by atoms with Gasteiger partial charge in [-0.05, 0) is 43.9 Å². The number of aliphatic hydroxyl groups is 2. The van der Waals surface area contributed by atoms with Gasteiger partial charge in [0.15, 0.2) is 0 Å². The first-order valence-electron chi connectivity index (χ1n) is 11.6. The van der Waals surface area contributed by atoms with Crippen LogP contribution in [0.25, 0.3) is 0 Å². The van der Waals surface area contributed by atoms with Crippen molar-refractivity contribution in [1.82, 2.24) is 0 Å². The Morgan fingerprint density at radius 2 is 1.89 bits per heavy atom. The van der Waals surface area contributed by atoms with E-state index in [9.17, 15) is 15.0 Å². The molecule has 154 valence electrons. The number of carbonyl (C=O) groups is 1. The number of hydrogen-bond donors (Lipinski definition) is 2. The van der Waals surface area contributed by atoms with E-state index in [1.165, 1.54) is 38.5 Å². The fourth-order valence-electron chi connectivity index (χ4n) is 6.19. The monoisotopic (exact) mass is 376 g/mol. The summed E-state index contributed by atoms with van der Waals surface area (Å²) in [5.41, 5.74) is -0.251. The van der Waals surface area contributed by atoms with Crippen LogP contribution in [-0.4, -0.2) is 28.2 Å². The van der Waals surface area contributed by atoms with Crippen LogP contribution in [0.15, 0.2) is 12.2 Å². The quantitative estimate of drug-likeness (QED) is 0.460. The van der Waals surface area contributed by atoms with E-state index in [0.29, 0.717) is 18.1 Å². The van der Waals surface area contributed by atoms with E-state index in [4.69, 9.17) is 0 Å². The first-order valence-corrected chi connectivity index (χ1v) is 11.6. The Balaban J connectivity index is 1.66. The molecule has 2 N–H and O–H groups in total. The van der Waals surface area contributed by atoms with Gasteiger partial charge in [0.2, 0.25) is 0 Å². The second kappa shape index (κ2) is 9.22. The van der Waals surface area contributed by atoms with Crippen molar-refractivity contribution in [3.8, 4) is 0 Å². The third-order valence-corrected chi connectivity index (χ3v) is 7.92. The van der Waals surface area contributed by atoms with Crippen LogP contribution in [0.4, 0.5) is 0 Å². The third kappa shape index (κ3) is 4.34. The van der Waals surface area contributed by atoms with E-state index >= 15 is 0 Å². The molecule has 0 aromatic heterocycles. The van der Waals surface area contributed by atoms with E-state index in [1.54, 1.807) is 0 Å². The van der Waals surface area contributed by atoms with Gasteiger partial charge in [0.25, 0.3) is 0 Å². The van der Waals surface area contributed by atoms with Crippen LogP contribution >= 0.6 is 0 Å². The second-order valence-electron chi connectivity index (χ2n) is 9.72. The summed E-state index contributed by atoms with van der Waals surface area (Å²) in [4.78, 5) is 12.9. The number of rotatable bonds is 8. The molecule has 3 saturated carbocycles. The average Bonchev–Trinajstić information content (AvgIpc) is 2.69. The van der Waals surface area contributed by atoms with Crippen LogP contribution in [0.2, 0.25) is 0 Å². The molecule has 3 fully saturated rings. The Hall–Kier alpha value is -0.670. The van der Waals surface area contributed by atoms with E-state index in [-0.39, 0.29) is 29.3 Å². The van der Waals surface area contributed by atoms with Gasteiger partial charge in [-0.15, -0.1) is 0 Å². The molecular formula is C24H40O3. The highest BCUT2D eigenvalue weighted by molar-refractivity contribution is 5.94. The lowest BCUT2D eigenvalue weighted by atomic mass is 9.44. The average molecular weight is 377 g/mol. The van der Waals surface area contributed by atoms with Gasteiger partial charge in [-0.2, -0.15) is 0 Å². The topological polar surface area (TPSA) is 57.5 Å². The first-order chi connectivity index (χ1) is 13.0. The summed E-state index contributed by atoms with van der Waals surface area (Å²) in [6.07, 6.45) is 16.5. The molecule has 27 heavy (non-hydrogen) atoms. The summed E-state index contributed by atoms with van der Waals surface area (Å²) in [6.45, 7) is 4.33. The van der Waals surface area contributed by atoms with Crippen LogP contribution < -0.4 is 0 Å². The van der Waals surface area contributed by atoms with E-state index < -0.39 is 6.10 Å². The molecule has 6 atom stereocenters. The van der Waals surface area contributed by atoms with Crippen molar-refractivity contribution in [2.24, 2.45) is 29.1 Å². The highest BCUT2D eigenvalue weighted by atomic mass is 16.3. The Morgan fingerprint density at radius 1 is 1.15 bits per heavy atom. The zero-order valence-electron chi connectivity index (χ0n) is 17.4. The number of fused-ring (bicyclic) bond motifs is 1. The largest absolute Gasteiger partial charge is 0.393 e. The van der Waals surface area contributed by atoms with Crippen LogP contribution in [0.3, 0.4) is 0 Å². The fraction of sp³-hybridized carbons (Fsp3) is 0.875. The standard InChI is InChI=1S/C24H40O3/c1-3-4-5-9-12-19-22-18(21(26)15-16-24(22,2)23(19)27)13-14-20(25)17-10-7-6-8-11-17/h13-14,17-22,25-26H,3-12,15-16H2,1-2H3/b14-13+/t18-,19?,20-,21+,22-,24-/m1/s1. The van der Waals surface area contributed by atoms with Crippen molar-refractivity contribution in [3.05, 3.63) is 12.2 Å². The maximum absolute atomic E-state index is 12.9. The lowest BCUT2D eigenvalue weighted by molar-refractivity contribution is -0.173. The maximum atomic E-state index is 12.9. The molecule has 3 nitrogen and oxygen atoms in total. The van der Waals surface area contributed by atoms with Gasteiger partial charge in [0.05, 0.1) is 12.2 Å². The third-order valence-electron chi connectivity index (χ3n) is 7.92. The number of aliphatic hydroxyl groups excluding tert-OH is 2. The number of hydrogen-bond acceptors (Lipinski definition) is 3. The number of unbranched alkanes of at least 4 members (excludes halogenated alkanes) is 3. The fourth-order valence-corrected chi connectivity index (χ4v) is 6.19. The molecule has 3 rings (SSSR count). The van der Waals surface area contributed by atoms with Crippen molar-refractivity contribution < 1.29 is 15.0 Å². The summed E-state index contributed by atoms with van der Waals surface area (Å²) in [5.74, 6) is 1.20. The number of ketones is 1. The first kappa shape index (κ1) is 21.0. The van der Waals surface area contributed by atoms with Crippen molar-refractivity contribution in [3.63, 3.8) is 0 Å². The molecule has 0 spiro atoms. The molecule has 3 aliphatic carbocycles. The smallest absolute Gasteiger partial charge is 0.142 e. The van der Waals surface area contributed by atoms with Gasteiger partial charge in [0.1, 0.15) is 5.78 Å². The van der Waals surface area contributed by atoms with Gasteiger partial charge >= 0.3 is 0 Å². The molecule has 0 aromatic carbocycles. The predicted octanol–water partition coefficient (Wildman–Crippen LogP) is 5.05. The van der Waals surface area contributed by atoms with Gasteiger partial charge in [-0.1, -0.05) is 70.9 Å². The van der Waals surface area contributed by atoms with E-state index in [2.05, 4.69) is 19.9 Å². The van der Waals surface area contributed by atoms with Gasteiger partial charge in [-0.25, -0.2) is 0 Å². The molecule has 0 radical (unpaired) electrons. The Labute approximate surface area is 165 Å². The molecule has 3 aliphatic rings. The lowest BCUT2D eigenvalue weighted by Gasteiger charge is -2.58. The van der Waals surface area contributed by atoms with Gasteiger partial charge in [0, 0.05) is 17.3 Å². The summed E-state index contributed by atoms with van der Waals surface area (Å²) < 4.78 is 0. The molecule has 3 heteroatoms. The zero-order chi connectivity index (χ0) is 19.4. The Morgan fingerprint density at radius 3 is 2.59 bits per heavy atom. The normalized spacial score (nSPS) is 38.6. The van der Waals surface area contributed by atoms with Gasteiger partial charge in [-0.3, -0.25) is 4.79 Å². The SMILES string of the molecule is CCCCCCC1C(=O)[C@]2(C)CC[C@H](O)[C@@H](/C=C/[C@@H](O)C3CCCCC3)[C@H]12. The van der Waals surface area contributed by atoms with E-state index in [1.807, 2.05) is 6.08 Å². The van der Waals surface area contributed by atoms with Crippen molar-refractivity contribution in [2.75, 3.05) is 0 Å². The van der Waals surface area contributed by atoms with Crippen LogP contribution in [0.1, 0.15) is 90.9 Å². The van der Waals surface area contributed by atoms with Crippen LogP contribution in [0, 0.1) is 29.1 Å². The molecule has 0 amide bonds. The summed E-state index contributed by atoms with van der Waals surface area (Å²) in [6, 6.07) is 0.